The molecule has 0 saturated heterocycles. The zero-order valence-electron chi connectivity index (χ0n) is 12.2. The van der Waals surface area contributed by atoms with E-state index >= 15 is 0 Å². The SMILES string of the molecule is Cc1c(C)c(C)c2c(c1C)CN=C2C(C)(C)C. The summed E-state index contributed by atoms with van der Waals surface area (Å²) in [5, 5.41) is 0. The molecule has 0 bridgehead atoms. The molecule has 0 atom stereocenters. The van der Waals surface area contributed by atoms with E-state index in [-0.39, 0.29) is 5.41 Å². The maximum absolute atomic E-state index is 4.80. The van der Waals surface area contributed by atoms with Gasteiger partial charge in [-0.3, -0.25) is 4.99 Å². The molecule has 1 heterocycles. The second-order valence-electron chi connectivity index (χ2n) is 6.27. The predicted octanol–water partition coefficient (Wildman–Crippen LogP) is 4.27. The van der Waals surface area contributed by atoms with Crippen LogP contribution in [-0.4, -0.2) is 5.71 Å². The van der Waals surface area contributed by atoms with E-state index in [0.29, 0.717) is 0 Å². The molecule has 0 spiro atoms. The maximum Gasteiger partial charge on any atom is 0.0652 e. The summed E-state index contributed by atoms with van der Waals surface area (Å²) >= 11 is 0. The third-order valence-electron chi connectivity index (χ3n) is 4.16. The van der Waals surface area contributed by atoms with Crippen molar-refractivity contribution >= 4 is 5.71 Å². The molecule has 1 aromatic rings. The number of hydrogen-bond acceptors (Lipinski definition) is 1. The van der Waals surface area contributed by atoms with E-state index < -0.39 is 0 Å². The van der Waals surface area contributed by atoms with Gasteiger partial charge in [0, 0.05) is 16.7 Å². The van der Waals surface area contributed by atoms with Crippen molar-refractivity contribution in [2.45, 2.75) is 55.0 Å². The number of nitrogens with zero attached hydrogens (tertiary/aromatic N) is 1. The lowest BCUT2D eigenvalue weighted by Crippen LogP contribution is -2.21. The largest absolute Gasteiger partial charge is 0.284 e. The highest BCUT2D eigenvalue weighted by Gasteiger charge is 2.30. The summed E-state index contributed by atoms with van der Waals surface area (Å²) in [4.78, 5) is 4.80. The van der Waals surface area contributed by atoms with E-state index in [0.717, 1.165) is 6.54 Å². The van der Waals surface area contributed by atoms with Gasteiger partial charge in [-0.05, 0) is 55.5 Å². The van der Waals surface area contributed by atoms with Gasteiger partial charge in [-0.2, -0.15) is 0 Å². The molecule has 0 aliphatic carbocycles. The van der Waals surface area contributed by atoms with E-state index in [4.69, 9.17) is 4.99 Å². The number of fused-ring (bicyclic) bond motifs is 1. The maximum atomic E-state index is 4.80. The first-order chi connectivity index (χ1) is 7.75. The van der Waals surface area contributed by atoms with Crippen molar-refractivity contribution in [3.05, 3.63) is 33.4 Å². The van der Waals surface area contributed by atoms with Gasteiger partial charge in [-0.25, -0.2) is 0 Å². The molecule has 1 aromatic carbocycles. The highest BCUT2D eigenvalue weighted by Crippen LogP contribution is 2.36. The molecule has 0 fully saturated rings. The summed E-state index contributed by atoms with van der Waals surface area (Å²) in [7, 11) is 0. The molecule has 92 valence electrons. The van der Waals surface area contributed by atoms with E-state index in [9.17, 15) is 0 Å². The Balaban J connectivity index is 2.74. The van der Waals surface area contributed by atoms with Gasteiger partial charge in [0.25, 0.3) is 0 Å². The van der Waals surface area contributed by atoms with Gasteiger partial charge in [0.2, 0.25) is 0 Å². The topological polar surface area (TPSA) is 12.4 Å². The molecule has 1 heteroatoms. The van der Waals surface area contributed by atoms with Crippen LogP contribution in [0.15, 0.2) is 4.99 Å². The average Bonchev–Trinajstić information content (AvgIpc) is 2.67. The molecule has 0 saturated carbocycles. The molecule has 0 unspecified atom stereocenters. The van der Waals surface area contributed by atoms with Crippen molar-refractivity contribution in [1.29, 1.82) is 0 Å². The quantitative estimate of drug-likeness (QED) is 0.630. The molecular formula is C16H23N. The van der Waals surface area contributed by atoms with Crippen molar-refractivity contribution in [2.24, 2.45) is 10.4 Å². The average molecular weight is 229 g/mol. The van der Waals surface area contributed by atoms with Gasteiger partial charge in [0.1, 0.15) is 0 Å². The molecule has 2 rings (SSSR count). The zero-order chi connectivity index (χ0) is 13.0. The van der Waals surface area contributed by atoms with Gasteiger partial charge in [0.15, 0.2) is 0 Å². The standard InChI is InChI=1S/C16H23N/c1-9-10(2)12(4)14-13(11(9)3)8-17-15(14)16(5,6)7/h8H2,1-7H3. The van der Waals surface area contributed by atoms with Crippen LogP contribution in [0.4, 0.5) is 0 Å². The summed E-state index contributed by atoms with van der Waals surface area (Å²) in [6.07, 6.45) is 0. The van der Waals surface area contributed by atoms with Crippen LogP contribution < -0.4 is 0 Å². The Morgan fingerprint density at radius 2 is 1.35 bits per heavy atom. The summed E-state index contributed by atoms with van der Waals surface area (Å²) in [6.45, 7) is 16.6. The van der Waals surface area contributed by atoms with Crippen molar-refractivity contribution in [2.75, 3.05) is 0 Å². The van der Waals surface area contributed by atoms with Gasteiger partial charge >= 0.3 is 0 Å². The Labute approximate surface area is 105 Å². The smallest absolute Gasteiger partial charge is 0.0652 e. The van der Waals surface area contributed by atoms with Crippen LogP contribution in [0.3, 0.4) is 0 Å². The minimum atomic E-state index is 0.143. The van der Waals surface area contributed by atoms with E-state index in [1.165, 1.54) is 39.1 Å². The van der Waals surface area contributed by atoms with Gasteiger partial charge in [-0.1, -0.05) is 20.8 Å². The molecule has 17 heavy (non-hydrogen) atoms. The summed E-state index contributed by atoms with van der Waals surface area (Å²) < 4.78 is 0. The monoisotopic (exact) mass is 229 g/mol. The highest BCUT2D eigenvalue weighted by atomic mass is 14.8. The lowest BCUT2D eigenvalue weighted by Gasteiger charge is -2.23. The Bertz CT molecular complexity index is 514. The fourth-order valence-electron chi connectivity index (χ4n) is 2.76. The molecule has 1 nitrogen and oxygen atoms in total. The first-order valence-electron chi connectivity index (χ1n) is 6.39. The molecule has 0 aromatic heterocycles. The van der Waals surface area contributed by atoms with Crippen LogP contribution >= 0.6 is 0 Å². The fraction of sp³-hybridized carbons (Fsp3) is 0.562. The van der Waals surface area contributed by atoms with Crippen LogP contribution in [0.1, 0.15) is 54.2 Å². The minimum Gasteiger partial charge on any atom is -0.284 e. The third-order valence-corrected chi connectivity index (χ3v) is 4.16. The van der Waals surface area contributed by atoms with E-state index in [1.807, 2.05) is 0 Å². The van der Waals surface area contributed by atoms with Gasteiger partial charge in [0.05, 0.1) is 6.54 Å². The normalized spacial score (nSPS) is 14.9. The summed E-state index contributed by atoms with van der Waals surface area (Å²) in [6, 6.07) is 0. The molecule has 1 aliphatic rings. The van der Waals surface area contributed by atoms with Crippen LogP contribution in [-0.2, 0) is 6.54 Å². The number of aliphatic imine (C=N–C) groups is 1. The van der Waals surface area contributed by atoms with Crippen LogP contribution in [0.5, 0.6) is 0 Å². The van der Waals surface area contributed by atoms with Crippen LogP contribution in [0.2, 0.25) is 0 Å². The van der Waals surface area contributed by atoms with E-state index in [1.54, 1.807) is 0 Å². The Hall–Kier alpha value is -1.11. The first-order valence-corrected chi connectivity index (χ1v) is 6.39. The molecular weight excluding hydrogens is 206 g/mol. The van der Waals surface area contributed by atoms with Crippen molar-refractivity contribution in [3.63, 3.8) is 0 Å². The zero-order valence-corrected chi connectivity index (χ0v) is 12.2. The number of hydrogen-bond donors (Lipinski definition) is 0. The van der Waals surface area contributed by atoms with Gasteiger partial charge in [-0.15, -0.1) is 0 Å². The fourth-order valence-corrected chi connectivity index (χ4v) is 2.76. The first kappa shape index (κ1) is 12.3. The molecule has 0 N–H and O–H groups in total. The summed E-state index contributed by atoms with van der Waals surface area (Å²) in [5.74, 6) is 0. The van der Waals surface area contributed by atoms with Crippen molar-refractivity contribution in [3.8, 4) is 0 Å². The molecule has 1 aliphatic heterocycles. The Morgan fingerprint density at radius 3 is 1.88 bits per heavy atom. The second kappa shape index (κ2) is 3.69. The Kier molecular flexibility index (Phi) is 2.68. The van der Waals surface area contributed by atoms with Crippen LogP contribution in [0.25, 0.3) is 0 Å². The summed E-state index contributed by atoms with van der Waals surface area (Å²) in [5.41, 5.74) is 10.0. The highest BCUT2D eigenvalue weighted by molar-refractivity contribution is 6.08. The number of rotatable bonds is 0. The minimum absolute atomic E-state index is 0.143. The van der Waals surface area contributed by atoms with E-state index in [2.05, 4.69) is 48.5 Å². The van der Waals surface area contributed by atoms with Crippen molar-refractivity contribution in [1.82, 2.24) is 0 Å². The van der Waals surface area contributed by atoms with Gasteiger partial charge < -0.3 is 0 Å². The van der Waals surface area contributed by atoms with Crippen molar-refractivity contribution < 1.29 is 0 Å². The lowest BCUT2D eigenvalue weighted by atomic mass is 9.80. The predicted molar refractivity (Wildman–Crippen MR) is 75.1 cm³/mol. The Morgan fingerprint density at radius 1 is 0.824 bits per heavy atom. The molecule has 0 radical (unpaired) electrons. The lowest BCUT2D eigenvalue weighted by molar-refractivity contribution is 0.592. The van der Waals surface area contributed by atoms with Crippen LogP contribution in [0, 0.1) is 33.1 Å². The third kappa shape index (κ3) is 1.72. The number of benzene rings is 1. The second-order valence-corrected chi connectivity index (χ2v) is 6.27. The molecule has 0 amide bonds.